The minimum Gasteiger partial charge on any atom is -0.504 e. The lowest BCUT2D eigenvalue weighted by atomic mass is 10.0. The molecule has 1 aliphatic heterocycles. The van der Waals surface area contributed by atoms with Crippen molar-refractivity contribution in [2.45, 2.75) is 32.7 Å². The summed E-state index contributed by atoms with van der Waals surface area (Å²) in [7, 11) is 0. The Morgan fingerprint density at radius 1 is 1.07 bits per heavy atom. The summed E-state index contributed by atoms with van der Waals surface area (Å²) in [6.45, 7) is 4.69. The van der Waals surface area contributed by atoms with E-state index in [1.165, 1.54) is 0 Å². The minimum atomic E-state index is -0.656. The first-order chi connectivity index (χ1) is 14.2. The van der Waals surface area contributed by atoms with Gasteiger partial charge in [-0.05, 0) is 50.5 Å². The Hall–Kier alpha value is -3.42. The van der Waals surface area contributed by atoms with Crippen molar-refractivity contribution in [2.75, 3.05) is 19.7 Å². The third kappa shape index (κ3) is 4.94. The molecule has 0 aromatic heterocycles. The number of amides is 2. The van der Waals surface area contributed by atoms with Gasteiger partial charge in [0, 0.05) is 24.7 Å². The minimum absolute atomic E-state index is 0.0640. The fraction of sp³-hybridized carbons (Fsp3) is 0.364. The van der Waals surface area contributed by atoms with Crippen molar-refractivity contribution < 1.29 is 29.6 Å². The van der Waals surface area contributed by atoms with Gasteiger partial charge in [0.05, 0.1) is 0 Å². The van der Waals surface area contributed by atoms with Gasteiger partial charge in [0.1, 0.15) is 5.75 Å². The number of carbonyl (C=O) groups excluding carboxylic acids is 2. The lowest BCUT2D eigenvalue weighted by Crippen LogP contribution is -2.47. The number of piperidine rings is 1. The highest BCUT2D eigenvalue weighted by Gasteiger charge is 2.26. The third-order valence-corrected chi connectivity index (χ3v) is 5.15. The summed E-state index contributed by atoms with van der Waals surface area (Å²) < 4.78 is 5.60. The second-order valence-electron chi connectivity index (χ2n) is 7.55. The van der Waals surface area contributed by atoms with Crippen LogP contribution in [0.5, 0.6) is 23.0 Å². The first kappa shape index (κ1) is 21.3. The second kappa shape index (κ2) is 8.94. The average molecular weight is 414 g/mol. The highest BCUT2D eigenvalue weighted by atomic mass is 16.5. The molecule has 4 N–H and O–H groups in total. The molecule has 1 fully saturated rings. The van der Waals surface area contributed by atoms with Crippen LogP contribution in [0.4, 0.5) is 0 Å². The number of benzene rings is 2. The quantitative estimate of drug-likeness (QED) is 0.557. The number of likely N-dealkylation sites (tertiary alicyclic amines) is 1. The smallest absolute Gasteiger partial charge is 0.258 e. The van der Waals surface area contributed by atoms with Crippen molar-refractivity contribution in [1.82, 2.24) is 10.2 Å². The van der Waals surface area contributed by atoms with E-state index in [-0.39, 0.29) is 30.0 Å². The fourth-order valence-electron chi connectivity index (χ4n) is 3.51. The van der Waals surface area contributed by atoms with Crippen LogP contribution in [0.15, 0.2) is 30.3 Å². The van der Waals surface area contributed by atoms with Crippen LogP contribution >= 0.6 is 0 Å². The van der Waals surface area contributed by atoms with E-state index in [1.807, 2.05) is 32.0 Å². The molecule has 160 valence electrons. The number of nitrogens with zero attached hydrogens (tertiary/aromatic N) is 1. The zero-order valence-electron chi connectivity index (χ0n) is 17.0. The molecule has 0 unspecified atom stereocenters. The fourth-order valence-corrected chi connectivity index (χ4v) is 3.51. The molecular weight excluding hydrogens is 388 g/mol. The summed E-state index contributed by atoms with van der Waals surface area (Å²) in [5.41, 5.74) is 2.19. The maximum atomic E-state index is 12.6. The van der Waals surface area contributed by atoms with Crippen molar-refractivity contribution in [2.24, 2.45) is 0 Å². The van der Waals surface area contributed by atoms with Gasteiger partial charge in [-0.3, -0.25) is 9.59 Å². The van der Waals surface area contributed by atoms with Crippen LogP contribution in [0.2, 0.25) is 0 Å². The van der Waals surface area contributed by atoms with Gasteiger partial charge in [-0.1, -0.05) is 17.7 Å². The summed E-state index contributed by atoms with van der Waals surface area (Å²) in [6.07, 6.45) is 1.16. The average Bonchev–Trinajstić information content (AvgIpc) is 2.71. The molecule has 0 saturated carbocycles. The van der Waals surface area contributed by atoms with Gasteiger partial charge in [0.25, 0.3) is 11.8 Å². The molecular formula is C22H26N2O6. The van der Waals surface area contributed by atoms with Gasteiger partial charge in [0.15, 0.2) is 23.9 Å². The van der Waals surface area contributed by atoms with Crippen LogP contribution in [0.3, 0.4) is 0 Å². The van der Waals surface area contributed by atoms with Crippen molar-refractivity contribution in [3.8, 4) is 23.0 Å². The third-order valence-electron chi connectivity index (χ3n) is 5.15. The molecule has 1 aliphatic rings. The summed E-state index contributed by atoms with van der Waals surface area (Å²) >= 11 is 0. The van der Waals surface area contributed by atoms with Gasteiger partial charge in [-0.25, -0.2) is 0 Å². The van der Waals surface area contributed by atoms with E-state index < -0.39 is 17.2 Å². The zero-order valence-corrected chi connectivity index (χ0v) is 17.0. The first-order valence-electron chi connectivity index (χ1n) is 9.78. The molecule has 0 bridgehead atoms. The van der Waals surface area contributed by atoms with E-state index in [4.69, 9.17) is 4.74 Å². The molecule has 1 saturated heterocycles. The van der Waals surface area contributed by atoms with E-state index in [0.29, 0.717) is 31.7 Å². The van der Waals surface area contributed by atoms with Crippen LogP contribution in [0.1, 0.15) is 34.3 Å². The van der Waals surface area contributed by atoms with E-state index in [9.17, 15) is 24.9 Å². The van der Waals surface area contributed by atoms with Gasteiger partial charge < -0.3 is 30.3 Å². The number of rotatable bonds is 5. The van der Waals surface area contributed by atoms with E-state index in [2.05, 4.69) is 5.32 Å². The number of aryl methyl sites for hydroxylation is 2. The molecule has 8 heteroatoms. The Labute approximate surface area is 174 Å². The number of hydrogen-bond donors (Lipinski definition) is 4. The standard InChI is InChI=1S/C22H26N2O6/c1-13-3-4-19(14(2)9-13)30-12-20(27)23-16-5-7-24(8-6-16)22(29)15-10-17(25)21(28)18(26)11-15/h3-4,9-11,16,25-26,28H,5-8,12H2,1-2H3,(H,23,27). The van der Waals surface area contributed by atoms with Crippen molar-refractivity contribution in [3.05, 3.63) is 47.0 Å². The van der Waals surface area contributed by atoms with Gasteiger partial charge in [-0.2, -0.15) is 0 Å². The lowest BCUT2D eigenvalue weighted by molar-refractivity contribution is -0.124. The topological polar surface area (TPSA) is 119 Å². The molecule has 8 nitrogen and oxygen atoms in total. The second-order valence-corrected chi connectivity index (χ2v) is 7.55. The highest BCUT2D eigenvalue weighted by molar-refractivity contribution is 5.95. The summed E-state index contributed by atoms with van der Waals surface area (Å²) in [5.74, 6) is -1.65. The molecule has 2 amide bonds. The molecule has 0 spiro atoms. The Bertz CT molecular complexity index is 928. The van der Waals surface area contributed by atoms with Crippen molar-refractivity contribution in [1.29, 1.82) is 0 Å². The van der Waals surface area contributed by atoms with E-state index >= 15 is 0 Å². The Morgan fingerprint density at radius 3 is 2.30 bits per heavy atom. The predicted octanol–water partition coefficient (Wildman–Crippen LogP) is 2.22. The Morgan fingerprint density at radius 2 is 1.70 bits per heavy atom. The summed E-state index contributed by atoms with van der Waals surface area (Å²) in [5, 5.41) is 31.5. The van der Waals surface area contributed by atoms with Crippen LogP contribution < -0.4 is 10.1 Å². The molecule has 2 aromatic carbocycles. The van der Waals surface area contributed by atoms with Gasteiger partial charge in [-0.15, -0.1) is 0 Å². The van der Waals surface area contributed by atoms with Crippen LogP contribution in [0, 0.1) is 13.8 Å². The SMILES string of the molecule is Cc1ccc(OCC(=O)NC2CCN(C(=O)c3cc(O)c(O)c(O)c3)CC2)c(C)c1. The van der Waals surface area contributed by atoms with Crippen LogP contribution in [0.25, 0.3) is 0 Å². The van der Waals surface area contributed by atoms with Crippen molar-refractivity contribution >= 4 is 11.8 Å². The van der Waals surface area contributed by atoms with Crippen LogP contribution in [-0.4, -0.2) is 57.8 Å². The molecule has 0 radical (unpaired) electrons. The largest absolute Gasteiger partial charge is 0.504 e. The number of aromatic hydroxyl groups is 3. The normalized spacial score (nSPS) is 14.4. The van der Waals surface area contributed by atoms with Crippen LogP contribution in [-0.2, 0) is 4.79 Å². The molecule has 1 heterocycles. The number of nitrogens with one attached hydrogen (secondary N) is 1. The number of ether oxygens (including phenoxy) is 1. The maximum Gasteiger partial charge on any atom is 0.258 e. The first-order valence-corrected chi connectivity index (χ1v) is 9.78. The highest BCUT2D eigenvalue weighted by Crippen LogP contribution is 2.35. The Balaban J connectivity index is 1.48. The molecule has 0 aliphatic carbocycles. The number of phenolic OH excluding ortho intramolecular Hbond substituents is 3. The van der Waals surface area contributed by atoms with Crippen molar-refractivity contribution in [3.63, 3.8) is 0 Å². The monoisotopic (exact) mass is 414 g/mol. The maximum absolute atomic E-state index is 12.6. The predicted molar refractivity (Wildman–Crippen MR) is 110 cm³/mol. The Kier molecular flexibility index (Phi) is 6.34. The lowest BCUT2D eigenvalue weighted by Gasteiger charge is -2.32. The number of carbonyl (C=O) groups is 2. The zero-order chi connectivity index (χ0) is 21.8. The molecule has 3 rings (SSSR count). The number of phenols is 3. The molecule has 2 aromatic rings. The molecule has 30 heavy (non-hydrogen) atoms. The summed E-state index contributed by atoms with van der Waals surface area (Å²) in [4.78, 5) is 26.4. The van der Waals surface area contributed by atoms with E-state index in [0.717, 1.165) is 23.3 Å². The van der Waals surface area contributed by atoms with E-state index in [1.54, 1.807) is 4.90 Å². The summed E-state index contributed by atoms with van der Waals surface area (Å²) in [6, 6.07) is 7.95. The van der Waals surface area contributed by atoms with Gasteiger partial charge >= 0.3 is 0 Å². The number of hydrogen-bond acceptors (Lipinski definition) is 6. The van der Waals surface area contributed by atoms with Gasteiger partial charge in [0.2, 0.25) is 0 Å². The molecule has 0 atom stereocenters.